The van der Waals surface area contributed by atoms with Gasteiger partial charge in [0.2, 0.25) is 0 Å². The fraction of sp³-hybridized carbons (Fsp3) is 0.385. The van der Waals surface area contributed by atoms with Crippen molar-refractivity contribution >= 4 is 29.3 Å². The van der Waals surface area contributed by atoms with Crippen molar-refractivity contribution in [1.29, 1.82) is 0 Å². The number of aliphatic carboxylic acids is 1. The van der Waals surface area contributed by atoms with Crippen LogP contribution >= 0.6 is 11.8 Å². The van der Waals surface area contributed by atoms with Crippen molar-refractivity contribution in [2.24, 2.45) is 5.92 Å². The Bertz CT molecular complexity index is 561. The summed E-state index contributed by atoms with van der Waals surface area (Å²) in [5, 5.41) is 22.3. The van der Waals surface area contributed by atoms with Crippen LogP contribution in [0.3, 0.4) is 0 Å². The Morgan fingerprint density at radius 1 is 1.48 bits per heavy atom. The van der Waals surface area contributed by atoms with E-state index in [9.17, 15) is 19.7 Å². The maximum absolute atomic E-state index is 11.9. The van der Waals surface area contributed by atoms with Gasteiger partial charge in [-0.05, 0) is 24.8 Å². The molecule has 0 saturated heterocycles. The summed E-state index contributed by atoms with van der Waals surface area (Å²) in [6, 6.07) is 4.19. The van der Waals surface area contributed by atoms with Crippen LogP contribution in [0.1, 0.15) is 23.7 Å². The monoisotopic (exact) mass is 312 g/mol. The minimum Gasteiger partial charge on any atom is -0.481 e. The van der Waals surface area contributed by atoms with Crippen LogP contribution in [-0.4, -0.2) is 34.7 Å². The molecule has 21 heavy (non-hydrogen) atoms. The summed E-state index contributed by atoms with van der Waals surface area (Å²) in [6.45, 7) is 1.70. The van der Waals surface area contributed by atoms with E-state index < -0.39 is 22.7 Å². The molecule has 0 heterocycles. The quantitative estimate of drug-likeness (QED) is 0.453. The molecule has 114 valence electrons. The molecule has 0 aliphatic carbocycles. The van der Waals surface area contributed by atoms with Crippen LogP contribution in [0.2, 0.25) is 0 Å². The highest BCUT2D eigenvalue weighted by atomic mass is 32.2. The van der Waals surface area contributed by atoms with E-state index in [0.29, 0.717) is 11.3 Å². The van der Waals surface area contributed by atoms with Crippen LogP contribution in [0, 0.1) is 16.0 Å². The number of nitro benzene ring substituents is 1. The first-order valence-electron chi connectivity index (χ1n) is 6.24. The van der Waals surface area contributed by atoms with Gasteiger partial charge in [0.1, 0.15) is 0 Å². The Labute approximate surface area is 125 Å². The lowest BCUT2D eigenvalue weighted by Crippen LogP contribution is -2.32. The number of rotatable bonds is 7. The molecule has 0 aliphatic heterocycles. The molecule has 1 atom stereocenters. The number of carboxylic acids is 1. The first kappa shape index (κ1) is 17.0. The van der Waals surface area contributed by atoms with Gasteiger partial charge in [-0.1, -0.05) is 6.92 Å². The molecular weight excluding hydrogens is 296 g/mol. The first-order chi connectivity index (χ1) is 9.90. The van der Waals surface area contributed by atoms with Crippen LogP contribution in [0.5, 0.6) is 0 Å². The number of thioether (sulfide) groups is 1. The number of carboxylic acid groups (broad SMARTS) is 1. The van der Waals surface area contributed by atoms with Gasteiger partial charge in [-0.3, -0.25) is 19.7 Å². The zero-order chi connectivity index (χ0) is 16.0. The van der Waals surface area contributed by atoms with Crippen molar-refractivity contribution < 1.29 is 19.6 Å². The summed E-state index contributed by atoms with van der Waals surface area (Å²) < 4.78 is 0. The van der Waals surface area contributed by atoms with E-state index in [2.05, 4.69) is 5.32 Å². The molecule has 1 aromatic rings. The number of benzene rings is 1. The van der Waals surface area contributed by atoms with Crippen molar-refractivity contribution in [3.63, 3.8) is 0 Å². The van der Waals surface area contributed by atoms with Crippen LogP contribution in [0.15, 0.2) is 23.1 Å². The van der Waals surface area contributed by atoms with Gasteiger partial charge in [0.25, 0.3) is 11.6 Å². The van der Waals surface area contributed by atoms with E-state index in [4.69, 9.17) is 5.11 Å². The van der Waals surface area contributed by atoms with Gasteiger partial charge in [0.15, 0.2) is 0 Å². The number of carbonyl (C=O) groups is 2. The fourth-order valence-corrected chi connectivity index (χ4v) is 2.24. The highest BCUT2D eigenvalue weighted by Gasteiger charge is 2.19. The van der Waals surface area contributed by atoms with Gasteiger partial charge >= 0.3 is 5.97 Å². The van der Waals surface area contributed by atoms with Crippen molar-refractivity contribution in [1.82, 2.24) is 5.32 Å². The maximum atomic E-state index is 11.9. The fourth-order valence-electron chi connectivity index (χ4n) is 1.70. The number of hydrogen-bond donors (Lipinski definition) is 2. The van der Waals surface area contributed by atoms with E-state index in [1.54, 1.807) is 13.2 Å². The van der Waals surface area contributed by atoms with Gasteiger partial charge in [0.05, 0.1) is 15.7 Å². The summed E-state index contributed by atoms with van der Waals surface area (Å²) >= 11 is 1.22. The van der Waals surface area contributed by atoms with Gasteiger partial charge in [-0.2, -0.15) is 0 Å². The molecule has 1 unspecified atom stereocenters. The molecular formula is C13H16N2O5S. The number of amides is 1. The van der Waals surface area contributed by atoms with Crippen LogP contribution < -0.4 is 5.32 Å². The average molecular weight is 312 g/mol. The lowest BCUT2D eigenvalue weighted by molar-refractivity contribution is -0.387. The van der Waals surface area contributed by atoms with Crippen LogP contribution in [0.25, 0.3) is 0 Å². The molecule has 0 fully saturated rings. The molecule has 8 heteroatoms. The van der Waals surface area contributed by atoms with E-state index >= 15 is 0 Å². The standard InChI is InChI=1S/C13H16N2O5S/c1-3-8(13(17)18)7-14-12(16)9-4-5-11(21-2)10(6-9)15(19)20/h4-6,8H,3,7H2,1-2H3,(H,14,16)(H,17,18). The highest BCUT2D eigenvalue weighted by molar-refractivity contribution is 7.98. The molecule has 2 N–H and O–H groups in total. The van der Waals surface area contributed by atoms with E-state index in [0.717, 1.165) is 0 Å². The Balaban J connectivity index is 2.86. The topological polar surface area (TPSA) is 110 Å². The SMILES string of the molecule is CCC(CNC(=O)c1ccc(SC)c([N+](=O)[O-])c1)C(=O)O. The zero-order valence-corrected chi connectivity index (χ0v) is 12.5. The van der Waals surface area contributed by atoms with E-state index in [1.165, 1.54) is 30.0 Å². The molecule has 1 rings (SSSR count). The second-order valence-electron chi connectivity index (χ2n) is 4.30. The van der Waals surface area contributed by atoms with E-state index in [-0.39, 0.29) is 17.8 Å². The number of hydrogen-bond acceptors (Lipinski definition) is 5. The minimum absolute atomic E-state index is 0.0112. The summed E-state index contributed by atoms with van der Waals surface area (Å²) in [5.74, 6) is -2.18. The Morgan fingerprint density at radius 3 is 2.62 bits per heavy atom. The Morgan fingerprint density at radius 2 is 2.14 bits per heavy atom. The number of nitro groups is 1. The molecule has 0 aliphatic rings. The second-order valence-corrected chi connectivity index (χ2v) is 5.15. The van der Waals surface area contributed by atoms with Gasteiger partial charge < -0.3 is 10.4 Å². The summed E-state index contributed by atoms with van der Waals surface area (Å²) in [4.78, 5) is 33.7. The van der Waals surface area contributed by atoms with Gasteiger partial charge in [-0.25, -0.2) is 0 Å². The summed E-state index contributed by atoms with van der Waals surface area (Å²) in [5.41, 5.74) is 0.000156. The van der Waals surface area contributed by atoms with Crippen LogP contribution in [0.4, 0.5) is 5.69 Å². The van der Waals surface area contributed by atoms with Gasteiger partial charge in [-0.15, -0.1) is 11.8 Å². The van der Waals surface area contributed by atoms with Gasteiger partial charge in [0, 0.05) is 18.2 Å². The third-order valence-corrected chi connectivity index (χ3v) is 3.77. The maximum Gasteiger partial charge on any atom is 0.308 e. The third-order valence-electron chi connectivity index (χ3n) is 2.99. The lowest BCUT2D eigenvalue weighted by Gasteiger charge is -2.11. The molecule has 0 radical (unpaired) electrons. The van der Waals surface area contributed by atoms with Crippen molar-refractivity contribution in [3.05, 3.63) is 33.9 Å². The van der Waals surface area contributed by atoms with Crippen molar-refractivity contribution in [2.45, 2.75) is 18.2 Å². The Hall–Kier alpha value is -2.09. The predicted octanol–water partition coefficient (Wildman–Crippen LogP) is 2.16. The first-order valence-corrected chi connectivity index (χ1v) is 7.46. The molecule has 1 amide bonds. The number of nitrogens with one attached hydrogen (secondary N) is 1. The van der Waals surface area contributed by atoms with Crippen molar-refractivity contribution in [3.8, 4) is 0 Å². The molecule has 7 nitrogen and oxygen atoms in total. The number of nitrogens with zero attached hydrogens (tertiary/aromatic N) is 1. The second kappa shape index (κ2) is 7.63. The average Bonchev–Trinajstić information content (AvgIpc) is 2.46. The number of carbonyl (C=O) groups excluding carboxylic acids is 1. The smallest absolute Gasteiger partial charge is 0.308 e. The highest BCUT2D eigenvalue weighted by Crippen LogP contribution is 2.28. The minimum atomic E-state index is -0.985. The summed E-state index contributed by atoms with van der Waals surface area (Å²) in [7, 11) is 0. The predicted molar refractivity (Wildman–Crippen MR) is 78.6 cm³/mol. The molecule has 0 aromatic heterocycles. The normalized spacial score (nSPS) is 11.7. The molecule has 0 spiro atoms. The molecule has 0 bridgehead atoms. The third kappa shape index (κ3) is 4.45. The summed E-state index contributed by atoms with van der Waals surface area (Å²) in [6.07, 6.45) is 2.10. The zero-order valence-electron chi connectivity index (χ0n) is 11.7. The Kier molecular flexibility index (Phi) is 6.16. The largest absolute Gasteiger partial charge is 0.481 e. The van der Waals surface area contributed by atoms with E-state index in [1.807, 2.05) is 0 Å². The molecule has 1 aromatic carbocycles. The molecule has 0 saturated carbocycles. The van der Waals surface area contributed by atoms with Crippen LogP contribution in [-0.2, 0) is 4.79 Å². The van der Waals surface area contributed by atoms with Crippen molar-refractivity contribution in [2.75, 3.05) is 12.8 Å². The lowest BCUT2D eigenvalue weighted by atomic mass is 10.1.